The van der Waals surface area contributed by atoms with Crippen LogP contribution < -0.4 is 16.0 Å². The van der Waals surface area contributed by atoms with Crippen molar-refractivity contribution in [3.8, 4) is 11.1 Å². The molecule has 1 aliphatic carbocycles. The smallest absolute Gasteiger partial charge is 0.175 e. The summed E-state index contributed by atoms with van der Waals surface area (Å²) in [5, 5.41) is 4.48. The van der Waals surface area contributed by atoms with E-state index < -0.39 is 9.84 Å². The van der Waals surface area contributed by atoms with Crippen LogP contribution in [0.15, 0.2) is 65.7 Å². The largest absolute Gasteiger partial charge is 0.369 e. The third kappa shape index (κ3) is 4.79. The number of anilines is 3. The Balaban J connectivity index is 1.37. The molecule has 4 aromatic rings. The molecule has 3 heterocycles. The van der Waals surface area contributed by atoms with Crippen LogP contribution in [0.25, 0.3) is 22.0 Å². The summed E-state index contributed by atoms with van der Waals surface area (Å²) in [4.78, 5) is 12.3. The second-order valence-corrected chi connectivity index (χ2v) is 12.2. The van der Waals surface area contributed by atoms with E-state index in [1.54, 1.807) is 30.5 Å². The maximum atomic E-state index is 11.8. The molecule has 1 fully saturated rings. The lowest BCUT2D eigenvalue weighted by Crippen LogP contribution is -2.28. The van der Waals surface area contributed by atoms with Crippen LogP contribution in [0.3, 0.4) is 0 Å². The zero-order valence-electron chi connectivity index (χ0n) is 20.9. The summed E-state index contributed by atoms with van der Waals surface area (Å²) in [6.45, 7) is 1.87. The topological polar surface area (TPSA) is 101 Å². The van der Waals surface area contributed by atoms with Crippen molar-refractivity contribution in [1.29, 1.82) is 0 Å². The van der Waals surface area contributed by atoms with Gasteiger partial charge in [0.1, 0.15) is 5.82 Å². The standard InChI is InChI=1S/C29H31N5O2S/c1-37(35,36)23-9-7-22(8-10-23)32-28-17-20(12-14-31-28)19-6-11-27-25(16-19)29(34-15-13-21(30)18-34)24-4-2-3-5-26(24)33-27/h6-12,14,16-17,21H,2-5,13,15,18,30H2,1H3,(H,31,32)/t21-/m1/s1. The highest BCUT2D eigenvalue weighted by atomic mass is 32.2. The predicted molar refractivity (Wildman–Crippen MR) is 149 cm³/mol. The number of nitrogens with two attached hydrogens (primary N) is 1. The zero-order valence-corrected chi connectivity index (χ0v) is 21.8. The quantitative estimate of drug-likeness (QED) is 0.393. The number of sulfone groups is 1. The number of aryl methyl sites for hydroxylation is 1. The second-order valence-electron chi connectivity index (χ2n) is 10.2. The summed E-state index contributed by atoms with van der Waals surface area (Å²) in [5.41, 5.74) is 14.3. The van der Waals surface area contributed by atoms with E-state index in [-0.39, 0.29) is 6.04 Å². The predicted octanol–water partition coefficient (Wildman–Crippen LogP) is 4.86. The molecule has 1 saturated heterocycles. The Kier molecular flexibility index (Phi) is 6.09. The summed E-state index contributed by atoms with van der Waals surface area (Å²) in [6, 6.07) is 17.5. The molecule has 0 amide bonds. The average molecular weight is 514 g/mol. The first-order valence-corrected chi connectivity index (χ1v) is 14.7. The molecule has 0 bridgehead atoms. The number of pyridine rings is 2. The Morgan fingerprint density at radius 2 is 1.78 bits per heavy atom. The molecule has 6 rings (SSSR count). The highest BCUT2D eigenvalue weighted by molar-refractivity contribution is 7.90. The maximum absolute atomic E-state index is 11.8. The van der Waals surface area contributed by atoms with E-state index in [1.165, 1.54) is 41.4 Å². The highest BCUT2D eigenvalue weighted by Gasteiger charge is 2.27. The molecular formula is C29H31N5O2S. The molecule has 0 saturated carbocycles. The van der Waals surface area contributed by atoms with E-state index in [0.717, 1.165) is 54.7 Å². The van der Waals surface area contributed by atoms with E-state index in [2.05, 4.69) is 33.4 Å². The van der Waals surface area contributed by atoms with Crippen molar-refractivity contribution >= 4 is 37.9 Å². The fraction of sp³-hybridized carbons (Fsp3) is 0.310. The molecule has 1 aliphatic heterocycles. The minimum Gasteiger partial charge on any atom is -0.369 e. The van der Waals surface area contributed by atoms with Crippen molar-refractivity contribution in [2.75, 3.05) is 29.6 Å². The number of nitrogens with zero attached hydrogens (tertiary/aromatic N) is 3. The minimum atomic E-state index is -3.23. The van der Waals surface area contributed by atoms with Gasteiger partial charge in [-0.05, 0) is 97.3 Å². The molecule has 8 heteroatoms. The van der Waals surface area contributed by atoms with Gasteiger partial charge in [-0.25, -0.2) is 13.4 Å². The molecule has 37 heavy (non-hydrogen) atoms. The molecule has 1 atom stereocenters. The van der Waals surface area contributed by atoms with Crippen LogP contribution in [0.5, 0.6) is 0 Å². The fourth-order valence-electron chi connectivity index (χ4n) is 5.54. The SMILES string of the molecule is CS(=O)(=O)c1ccc(Nc2cc(-c3ccc4nc5c(c(N6CC[C@@H](N)C6)c4c3)CCCC5)ccn2)cc1. The molecule has 190 valence electrons. The van der Waals surface area contributed by atoms with Gasteiger partial charge in [0, 0.05) is 48.4 Å². The van der Waals surface area contributed by atoms with Gasteiger partial charge in [0.15, 0.2) is 9.84 Å². The minimum absolute atomic E-state index is 0.214. The van der Waals surface area contributed by atoms with Gasteiger partial charge in [0.25, 0.3) is 0 Å². The first-order valence-electron chi connectivity index (χ1n) is 12.8. The Hall–Kier alpha value is -3.49. The third-order valence-electron chi connectivity index (χ3n) is 7.42. The van der Waals surface area contributed by atoms with Crippen LogP contribution in [-0.4, -0.2) is 43.8 Å². The van der Waals surface area contributed by atoms with Gasteiger partial charge >= 0.3 is 0 Å². The molecule has 0 unspecified atom stereocenters. The molecular weight excluding hydrogens is 482 g/mol. The summed E-state index contributed by atoms with van der Waals surface area (Å²) >= 11 is 0. The van der Waals surface area contributed by atoms with Crippen LogP contribution in [0.4, 0.5) is 17.2 Å². The van der Waals surface area contributed by atoms with E-state index in [4.69, 9.17) is 10.7 Å². The van der Waals surface area contributed by atoms with E-state index in [0.29, 0.717) is 10.7 Å². The van der Waals surface area contributed by atoms with Gasteiger partial charge in [-0.1, -0.05) is 6.07 Å². The van der Waals surface area contributed by atoms with Crippen molar-refractivity contribution in [2.45, 2.75) is 43.0 Å². The molecule has 0 spiro atoms. The number of rotatable bonds is 5. The average Bonchev–Trinajstić information content (AvgIpc) is 3.32. The van der Waals surface area contributed by atoms with Gasteiger partial charge in [-0.2, -0.15) is 0 Å². The Morgan fingerprint density at radius 1 is 1.00 bits per heavy atom. The number of aromatic nitrogens is 2. The highest BCUT2D eigenvalue weighted by Crippen LogP contribution is 2.39. The molecule has 2 aromatic heterocycles. The number of hydrogen-bond acceptors (Lipinski definition) is 7. The van der Waals surface area contributed by atoms with Gasteiger partial charge in [0.05, 0.1) is 16.1 Å². The van der Waals surface area contributed by atoms with Crippen LogP contribution in [0.1, 0.15) is 30.5 Å². The first-order chi connectivity index (χ1) is 17.8. The molecule has 3 N–H and O–H groups in total. The van der Waals surface area contributed by atoms with Crippen LogP contribution in [0, 0.1) is 0 Å². The van der Waals surface area contributed by atoms with Gasteiger partial charge < -0.3 is 16.0 Å². The van der Waals surface area contributed by atoms with Crippen molar-refractivity contribution < 1.29 is 8.42 Å². The first kappa shape index (κ1) is 23.9. The lowest BCUT2D eigenvalue weighted by molar-refractivity contribution is 0.602. The molecule has 7 nitrogen and oxygen atoms in total. The van der Waals surface area contributed by atoms with Crippen LogP contribution in [-0.2, 0) is 22.7 Å². The lowest BCUT2D eigenvalue weighted by Gasteiger charge is -2.28. The van der Waals surface area contributed by atoms with Gasteiger partial charge in [0.2, 0.25) is 0 Å². The zero-order chi connectivity index (χ0) is 25.6. The Morgan fingerprint density at radius 3 is 2.54 bits per heavy atom. The Bertz CT molecular complexity index is 1580. The summed E-state index contributed by atoms with van der Waals surface area (Å²) in [7, 11) is -3.23. The molecule has 2 aliphatic rings. The summed E-state index contributed by atoms with van der Waals surface area (Å²) in [6.07, 6.45) is 8.54. The van der Waals surface area contributed by atoms with Gasteiger partial charge in [-0.15, -0.1) is 0 Å². The summed E-state index contributed by atoms with van der Waals surface area (Å²) < 4.78 is 23.5. The number of nitrogens with one attached hydrogen (secondary N) is 1. The van der Waals surface area contributed by atoms with E-state index in [1.807, 2.05) is 12.1 Å². The van der Waals surface area contributed by atoms with Gasteiger partial charge in [-0.3, -0.25) is 4.98 Å². The van der Waals surface area contributed by atoms with Crippen molar-refractivity contribution in [1.82, 2.24) is 9.97 Å². The molecule has 0 radical (unpaired) electrons. The van der Waals surface area contributed by atoms with Crippen LogP contribution in [0.2, 0.25) is 0 Å². The van der Waals surface area contributed by atoms with E-state index in [9.17, 15) is 8.42 Å². The lowest BCUT2D eigenvalue weighted by atomic mass is 9.91. The molecule has 2 aromatic carbocycles. The number of benzene rings is 2. The normalized spacial score (nSPS) is 17.7. The number of hydrogen-bond donors (Lipinski definition) is 2. The number of fused-ring (bicyclic) bond motifs is 2. The Labute approximate surface area is 217 Å². The third-order valence-corrected chi connectivity index (χ3v) is 8.55. The fourth-order valence-corrected chi connectivity index (χ4v) is 6.17. The van der Waals surface area contributed by atoms with Crippen molar-refractivity contribution in [2.24, 2.45) is 5.73 Å². The van der Waals surface area contributed by atoms with Crippen molar-refractivity contribution in [3.63, 3.8) is 0 Å². The second kappa shape index (κ2) is 9.43. The van der Waals surface area contributed by atoms with E-state index >= 15 is 0 Å². The monoisotopic (exact) mass is 513 g/mol. The van der Waals surface area contributed by atoms with Crippen molar-refractivity contribution in [3.05, 3.63) is 72.1 Å². The van der Waals surface area contributed by atoms with Crippen LogP contribution >= 0.6 is 0 Å². The maximum Gasteiger partial charge on any atom is 0.175 e. The summed E-state index contributed by atoms with van der Waals surface area (Å²) in [5.74, 6) is 0.694.